The molecule has 0 radical (unpaired) electrons. The van der Waals surface area contributed by atoms with Gasteiger partial charge in [0.05, 0.1) is 16.4 Å². The monoisotopic (exact) mass is 285 g/mol. The maximum Gasteiger partial charge on any atom is 0.0847 e. The molecule has 3 nitrogen and oxygen atoms in total. The Morgan fingerprint density at radius 3 is 2.42 bits per heavy atom. The quantitative estimate of drug-likeness (QED) is 0.810. The van der Waals surface area contributed by atoms with Crippen molar-refractivity contribution in [2.75, 3.05) is 13.1 Å². The molecule has 0 saturated carbocycles. The molecular formula is C15H28ClN3. The lowest BCUT2D eigenvalue weighted by atomic mass is 9.78. The Hall–Kier alpha value is -0.540. The first-order valence-electron chi connectivity index (χ1n) is 7.16. The van der Waals surface area contributed by atoms with Crippen molar-refractivity contribution in [1.29, 1.82) is 0 Å². The SMILES string of the molecule is CCCNCC(Cc1c(Cl)c(C)nn1C)C(C)(C)C. The summed E-state index contributed by atoms with van der Waals surface area (Å²) in [4.78, 5) is 0. The van der Waals surface area contributed by atoms with Crippen LogP contribution >= 0.6 is 11.6 Å². The molecule has 1 aromatic heterocycles. The Morgan fingerprint density at radius 1 is 1.37 bits per heavy atom. The molecule has 4 heteroatoms. The van der Waals surface area contributed by atoms with Gasteiger partial charge in [-0.25, -0.2) is 0 Å². The van der Waals surface area contributed by atoms with E-state index in [4.69, 9.17) is 11.6 Å². The van der Waals surface area contributed by atoms with Crippen LogP contribution in [0, 0.1) is 18.3 Å². The van der Waals surface area contributed by atoms with Gasteiger partial charge in [0.15, 0.2) is 0 Å². The van der Waals surface area contributed by atoms with E-state index in [2.05, 4.69) is 38.1 Å². The van der Waals surface area contributed by atoms with Crippen LogP contribution in [0.2, 0.25) is 5.02 Å². The van der Waals surface area contributed by atoms with Crippen molar-refractivity contribution in [3.63, 3.8) is 0 Å². The minimum atomic E-state index is 0.252. The van der Waals surface area contributed by atoms with E-state index in [0.29, 0.717) is 5.92 Å². The highest BCUT2D eigenvalue weighted by Gasteiger charge is 2.27. The minimum absolute atomic E-state index is 0.252. The molecule has 0 spiro atoms. The summed E-state index contributed by atoms with van der Waals surface area (Å²) in [7, 11) is 1.98. The summed E-state index contributed by atoms with van der Waals surface area (Å²) in [6, 6.07) is 0. The zero-order chi connectivity index (χ0) is 14.6. The lowest BCUT2D eigenvalue weighted by Gasteiger charge is -2.31. The highest BCUT2D eigenvalue weighted by molar-refractivity contribution is 6.31. The fraction of sp³-hybridized carbons (Fsp3) is 0.800. The molecule has 110 valence electrons. The van der Waals surface area contributed by atoms with Crippen LogP contribution in [0.25, 0.3) is 0 Å². The summed E-state index contributed by atoms with van der Waals surface area (Å²) in [6.45, 7) is 13.1. The van der Waals surface area contributed by atoms with Gasteiger partial charge in [0.25, 0.3) is 0 Å². The maximum atomic E-state index is 6.37. The molecule has 0 amide bonds. The van der Waals surface area contributed by atoms with Crippen LogP contribution in [0.3, 0.4) is 0 Å². The first-order valence-corrected chi connectivity index (χ1v) is 7.53. The van der Waals surface area contributed by atoms with Crippen LogP contribution < -0.4 is 5.32 Å². The van der Waals surface area contributed by atoms with Gasteiger partial charge in [0, 0.05) is 7.05 Å². The molecule has 19 heavy (non-hydrogen) atoms. The van der Waals surface area contributed by atoms with Crippen LogP contribution in [0.5, 0.6) is 0 Å². The number of aromatic nitrogens is 2. The van der Waals surface area contributed by atoms with E-state index in [1.807, 2.05) is 18.7 Å². The van der Waals surface area contributed by atoms with Crippen molar-refractivity contribution < 1.29 is 0 Å². The topological polar surface area (TPSA) is 29.9 Å². The van der Waals surface area contributed by atoms with Crippen LogP contribution in [0.1, 0.15) is 45.5 Å². The summed E-state index contributed by atoms with van der Waals surface area (Å²) < 4.78 is 1.93. The summed E-state index contributed by atoms with van der Waals surface area (Å²) in [5, 5.41) is 8.77. The first-order chi connectivity index (χ1) is 8.77. The third-order valence-corrected chi connectivity index (χ3v) is 4.24. The maximum absolute atomic E-state index is 6.37. The average molecular weight is 286 g/mol. The van der Waals surface area contributed by atoms with Crippen molar-refractivity contribution in [3.05, 3.63) is 16.4 Å². The van der Waals surface area contributed by atoms with E-state index in [-0.39, 0.29) is 5.41 Å². The molecule has 0 aliphatic carbocycles. The average Bonchev–Trinajstić information content (AvgIpc) is 2.53. The number of nitrogens with zero attached hydrogens (tertiary/aromatic N) is 2. The Labute approximate surface area is 122 Å². The predicted molar refractivity (Wildman–Crippen MR) is 82.8 cm³/mol. The van der Waals surface area contributed by atoms with Crippen molar-refractivity contribution in [1.82, 2.24) is 15.1 Å². The molecule has 0 saturated heterocycles. The Balaban J connectivity index is 2.82. The molecule has 0 aliphatic heterocycles. The molecule has 0 aliphatic rings. The van der Waals surface area contributed by atoms with E-state index in [0.717, 1.165) is 35.9 Å². The van der Waals surface area contributed by atoms with E-state index in [1.165, 1.54) is 6.42 Å². The Bertz CT molecular complexity index is 404. The van der Waals surface area contributed by atoms with Crippen molar-refractivity contribution in [2.45, 2.75) is 47.5 Å². The van der Waals surface area contributed by atoms with Gasteiger partial charge in [0.2, 0.25) is 0 Å². The Kier molecular flexibility index (Phi) is 5.87. The number of halogens is 1. The van der Waals surface area contributed by atoms with Gasteiger partial charge in [-0.1, -0.05) is 39.3 Å². The predicted octanol–water partition coefficient (Wildman–Crippen LogP) is 3.59. The van der Waals surface area contributed by atoms with Crippen molar-refractivity contribution in [2.24, 2.45) is 18.4 Å². The number of hydrogen-bond donors (Lipinski definition) is 1. The minimum Gasteiger partial charge on any atom is -0.316 e. The second-order valence-corrected chi connectivity index (χ2v) is 6.82. The van der Waals surface area contributed by atoms with Gasteiger partial charge < -0.3 is 5.32 Å². The third-order valence-electron chi connectivity index (χ3n) is 3.74. The summed E-state index contributed by atoms with van der Waals surface area (Å²) in [6.07, 6.45) is 2.14. The molecule has 0 fully saturated rings. The standard InChI is InChI=1S/C15H28ClN3/c1-7-8-17-10-12(15(3,4)5)9-13-14(16)11(2)18-19(13)6/h12,17H,7-10H2,1-6H3. The second kappa shape index (κ2) is 6.76. The zero-order valence-electron chi connectivity index (χ0n) is 13.2. The van der Waals surface area contributed by atoms with E-state index in [9.17, 15) is 0 Å². The Morgan fingerprint density at radius 2 is 2.00 bits per heavy atom. The van der Waals surface area contributed by atoms with Crippen LogP contribution in [-0.2, 0) is 13.5 Å². The summed E-state index contributed by atoms with van der Waals surface area (Å²) in [5.74, 6) is 0.548. The van der Waals surface area contributed by atoms with Crippen LogP contribution in [-0.4, -0.2) is 22.9 Å². The summed E-state index contributed by atoms with van der Waals surface area (Å²) >= 11 is 6.37. The van der Waals surface area contributed by atoms with E-state index < -0.39 is 0 Å². The van der Waals surface area contributed by atoms with E-state index >= 15 is 0 Å². The third kappa shape index (κ3) is 4.50. The molecule has 1 aromatic rings. The number of aryl methyl sites for hydroxylation is 2. The van der Waals surface area contributed by atoms with Crippen LogP contribution in [0.4, 0.5) is 0 Å². The highest BCUT2D eigenvalue weighted by atomic mass is 35.5. The highest BCUT2D eigenvalue weighted by Crippen LogP contribution is 2.31. The number of rotatable bonds is 6. The first kappa shape index (κ1) is 16.5. The summed E-state index contributed by atoms with van der Waals surface area (Å²) in [5.41, 5.74) is 2.33. The van der Waals surface area contributed by atoms with Crippen LogP contribution in [0.15, 0.2) is 0 Å². The fourth-order valence-corrected chi connectivity index (χ4v) is 2.51. The largest absolute Gasteiger partial charge is 0.316 e. The van der Waals surface area contributed by atoms with Gasteiger partial charge in [-0.15, -0.1) is 0 Å². The lowest BCUT2D eigenvalue weighted by molar-refractivity contribution is 0.228. The zero-order valence-corrected chi connectivity index (χ0v) is 13.9. The van der Waals surface area contributed by atoms with Gasteiger partial charge in [-0.3, -0.25) is 4.68 Å². The van der Waals surface area contributed by atoms with Crippen molar-refractivity contribution in [3.8, 4) is 0 Å². The smallest absolute Gasteiger partial charge is 0.0847 e. The number of nitrogens with one attached hydrogen (secondary N) is 1. The molecule has 0 bridgehead atoms. The fourth-order valence-electron chi connectivity index (χ4n) is 2.27. The molecule has 1 atom stereocenters. The molecule has 1 unspecified atom stereocenters. The molecule has 1 N–H and O–H groups in total. The molecule has 1 rings (SSSR count). The molecular weight excluding hydrogens is 258 g/mol. The number of hydrogen-bond acceptors (Lipinski definition) is 2. The van der Waals surface area contributed by atoms with Crippen molar-refractivity contribution >= 4 is 11.6 Å². The lowest BCUT2D eigenvalue weighted by Crippen LogP contribution is -2.34. The van der Waals surface area contributed by atoms with Gasteiger partial charge in [-0.2, -0.15) is 5.10 Å². The second-order valence-electron chi connectivity index (χ2n) is 6.44. The van der Waals surface area contributed by atoms with Gasteiger partial charge in [0.1, 0.15) is 0 Å². The van der Waals surface area contributed by atoms with E-state index in [1.54, 1.807) is 0 Å². The van der Waals surface area contributed by atoms with Gasteiger partial charge in [-0.05, 0) is 44.2 Å². The normalized spacial score (nSPS) is 13.8. The van der Waals surface area contributed by atoms with Gasteiger partial charge >= 0.3 is 0 Å². The molecule has 0 aromatic carbocycles. The molecule has 1 heterocycles.